The van der Waals surface area contributed by atoms with E-state index in [0.717, 1.165) is 13.1 Å². The summed E-state index contributed by atoms with van der Waals surface area (Å²) >= 11 is 0. The molecular formula is C16H32N2O. The molecule has 19 heavy (non-hydrogen) atoms. The van der Waals surface area contributed by atoms with Gasteiger partial charge in [0.15, 0.2) is 0 Å². The number of amides is 1. The Bertz CT molecular complexity index is 288. The second-order valence-electron chi connectivity index (χ2n) is 7.40. The van der Waals surface area contributed by atoms with Crippen LogP contribution in [0.5, 0.6) is 0 Å². The van der Waals surface area contributed by atoms with Gasteiger partial charge in [-0.3, -0.25) is 4.79 Å². The highest BCUT2D eigenvalue weighted by atomic mass is 16.2. The fourth-order valence-electron chi connectivity index (χ4n) is 2.44. The molecule has 1 amide bonds. The van der Waals surface area contributed by atoms with Crippen LogP contribution in [0.2, 0.25) is 0 Å². The van der Waals surface area contributed by atoms with Crippen LogP contribution >= 0.6 is 0 Å². The highest BCUT2D eigenvalue weighted by Crippen LogP contribution is 2.28. The van der Waals surface area contributed by atoms with Gasteiger partial charge in [-0.2, -0.15) is 0 Å². The van der Waals surface area contributed by atoms with E-state index in [1.807, 2.05) is 0 Å². The van der Waals surface area contributed by atoms with E-state index in [-0.39, 0.29) is 5.41 Å². The van der Waals surface area contributed by atoms with Crippen molar-refractivity contribution in [3.05, 3.63) is 0 Å². The number of hydrogen-bond donors (Lipinski definition) is 1. The molecule has 0 aromatic heterocycles. The van der Waals surface area contributed by atoms with E-state index in [0.29, 0.717) is 30.3 Å². The van der Waals surface area contributed by atoms with E-state index >= 15 is 0 Å². The van der Waals surface area contributed by atoms with E-state index in [4.69, 9.17) is 0 Å². The summed E-state index contributed by atoms with van der Waals surface area (Å²) in [4.78, 5) is 14.6. The zero-order valence-electron chi connectivity index (χ0n) is 13.6. The summed E-state index contributed by atoms with van der Waals surface area (Å²) < 4.78 is 0. The van der Waals surface area contributed by atoms with Crippen molar-refractivity contribution in [2.24, 2.45) is 11.3 Å². The molecule has 1 aliphatic heterocycles. The van der Waals surface area contributed by atoms with Crippen LogP contribution in [0.15, 0.2) is 0 Å². The lowest BCUT2D eigenvalue weighted by Gasteiger charge is -2.33. The van der Waals surface area contributed by atoms with Gasteiger partial charge in [-0.25, -0.2) is 0 Å². The maximum Gasteiger partial charge on any atom is 0.223 e. The van der Waals surface area contributed by atoms with Crippen LogP contribution < -0.4 is 5.32 Å². The molecule has 1 heterocycles. The molecule has 1 N–H and O–H groups in total. The summed E-state index contributed by atoms with van der Waals surface area (Å²) in [7, 11) is 0. The van der Waals surface area contributed by atoms with Crippen molar-refractivity contribution in [1.82, 2.24) is 10.2 Å². The lowest BCUT2D eigenvalue weighted by Crippen LogP contribution is -2.45. The van der Waals surface area contributed by atoms with Crippen LogP contribution in [0, 0.1) is 11.3 Å². The summed E-state index contributed by atoms with van der Waals surface area (Å²) in [5, 5.41) is 3.49. The quantitative estimate of drug-likeness (QED) is 0.831. The molecule has 1 rings (SSSR count). The minimum atomic E-state index is 0.198. The number of nitrogens with one attached hydrogen (secondary N) is 1. The highest BCUT2D eigenvalue weighted by Gasteiger charge is 2.28. The molecule has 0 saturated carbocycles. The number of nitrogens with zero attached hydrogens (tertiary/aromatic N) is 1. The summed E-state index contributed by atoms with van der Waals surface area (Å²) in [6, 6.07) is 0.790. The Hall–Kier alpha value is -0.570. The van der Waals surface area contributed by atoms with Gasteiger partial charge in [-0.15, -0.1) is 0 Å². The summed E-state index contributed by atoms with van der Waals surface area (Å²) in [5.74, 6) is 0.726. The maximum absolute atomic E-state index is 12.5. The van der Waals surface area contributed by atoms with Crippen molar-refractivity contribution in [3.63, 3.8) is 0 Å². The first-order valence-electron chi connectivity index (χ1n) is 7.74. The number of hydrogen-bond acceptors (Lipinski definition) is 2. The number of carbonyl (C=O) groups excluding carboxylic acids is 1. The van der Waals surface area contributed by atoms with Gasteiger partial charge in [-0.1, -0.05) is 27.7 Å². The van der Waals surface area contributed by atoms with Crippen LogP contribution in [0.3, 0.4) is 0 Å². The minimum absolute atomic E-state index is 0.198. The van der Waals surface area contributed by atoms with E-state index in [2.05, 4.69) is 51.8 Å². The average Bonchev–Trinajstić information content (AvgIpc) is 2.76. The molecule has 2 atom stereocenters. The molecule has 112 valence electrons. The van der Waals surface area contributed by atoms with Crippen molar-refractivity contribution >= 4 is 5.91 Å². The van der Waals surface area contributed by atoms with E-state index in [1.54, 1.807) is 0 Å². The fraction of sp³-hybridized carbons (Fsp3) is 0.938. The Kier molecular flexibility index (Phi) is 5.84. The predicted molar refractivity (Wildman–Crippen MR) is 81.1 cm³/mol. The SMILES string of the molecule is CC(C)N(CC1CCCN1)C(=O)CC(C)C(C)(C)C. The molecule has 0 spiro atoms. The number of carbonyl (C=O) groups is 1. The van der Waals surface area contributed by atoms with Gasteiger partial charge in [0.2, 0.25) is 5.91 Å². The molecule has 3 heteroatoms. The molecular weight excluding hydrogens is 236 g/mol. The maximum atomic E-state index is 12.5. The first-order chi connectivity index (χ1) is 8.71. The fourth-order valence-corrected chi connectivity index (χ4v) is 2.44. The molecule has 0 radical (unpaired) electrons. The standard InChI is InChI=1S/C16H32N2O/c1-12(2)18(11-14-8-7-9-17-14)15(19)10-13(3)16(4,5)6/h12-14,17H,7-11H2,1-6H3. The summed E-state index contributed by atoms with van der Waals surface area (Å²) in [5.41, 5.74) is 0.198. The van der Waals surface area contributed by atoms with Crippen molar-refractivity contribution in [2.75, 3.05) is 13.1 Å². The monoisotopic (exact) mass is 268 g/mol. The Morgan fingerprint density at radius 3 is 2.37 bits per heavy atom. The Morgan fingerprint density at radius 2 is 1.95 bits per heavy atom. The Balaban J connectivity index is 2.57. The van der Waals surface area contributed by atoms with Crippen LogP contribution in [-0.2, 0) is 4.79 Å². The molecule has 1 aliphatic rings. The van der Waals surface area contributed by atoms with Crippen LogP contribution in [0.25, 0.3) is 0 Å². The largest absolute Gasteiger partial charge is 0.339 e. The summed E-state index contributed by atoms with van der Waals surface area (Å²) in [6.45, 7) is 15.0. The van der Waals surface area contributed by atoms with Gasteiger partial charge in [0.05, 0.1) is 0 Å². The number of rotatable bonds is 5. The topological polar surface area (TPSA) is 32.3 Å². The predicted octanol–water partition coefficient (Wildman–Crippen LogP) is 3.05. The van der Waals surface area contributed by atoms with Crippen molar-refractivity contribution in [3.8, 4) is 0 Å². The van der Waals surface area contributed by atoms with Gasteiger partial charge in [0.25, 0.3) is 0 Å². The molecule has 2 unspecified atom stereocenters. The normalized spacial score (nSPS) is 21.7. The summed E-state index contributed by atoms with van der Waals surface area (Å²) in [6.07, 6.45) is 3.10. The van der Waals surface area contributed by atoms with Crippen LogP contribution in [-0.4, -0.2) is 36.0 Å². The zero-order chi connectivity index (χ0) is 14.6. The van der Waals surface area contributed by atoms with Crippen molar-refractivity contribution in [1.29, 1.82) is 0 Å². The van der Waals surface area contributed by atoms with E-state index in [1.165, 1.54) is 12.8 Å². The molecule has 0 bridgehead atoms. The first-order valence-corrected chi connectivity index (χ1v) is 7.74. The second kappa shape index (κ2) is 6.74. The molecule has 1 fully saturated rings. The van der Waals surface area contributed by atoms with Crippen molar-refractivity contribution in [2.45, 2.75) is 72.9 Å². The average molecular weight is 268 g/mol. The molecule has 0 aromatic carbocycles. The van der Waals surface area contributed by atoms with Crippen LogP contribution in [0.1, 0.15) is 60.8 Å². The lowest BCUT2D eigenvalue weighted by atomic mass is 9.80. The van der Waals surface area contributed by atoms with Gasteiger partial charge in [0.1, 0.15) is 0 Å². The zero-order valence-corrected chi connectivity index (χ0v) is 13.6. The molecule has 3 nitrogen and oxygen atoms in total. The Labute approximate surface area is 119 Å². The third-order valence-electron chi connectivity index (χ3n) is 4.48. The van der Waals surface area contributed by atoms with Gasteiger partial charge < -0.3 is 10.2 Å². The Morgan fingerprint density at radius 1 is 1.32 bits per heavy atom. The smallest absolute Gasteiger partial charge is 0.223 e. The second-order valence-corrected chi connectivity index (χ2v) is 7.40. The van der Waals surface area contributed by atoms with Gasteiger partial charge in [0, 0.05) is 25.0 Å². The van der Waals surface area contributed by atoms with Gasteiger partial charge >= 0.3 is 0 Å². The van der Waals surface area contributed by atoms with Crippen LogP contribution in [0.4, 0.5) is 0 Å². The van der Waals surface area contributed by atoms with Crippen molar-refractivity contribution < 1.29 is 4.79 Å². The first kappa shape index (κ1) is 16.5. The molecule has 0 aromatic rings. The third kappa shape index (κ3) is 5.13. The minimum Gasteiger partial charge on any atom is -0.339 e. The third-order valence-corrected chi connectivity index (χ3v) is 4.48. The molecule has 1 saturated heterocycles. The highest BCUT2D eigenvalue weighted by molar-refractivity contribution is 5.76. The van der Waals surface area contributed by atoms with E-state index < -0.39 is 0 Å². The lowest BCUT2D eigenvalue weighted by molar-refractivity contribution is -0.135. The van der Waals surface area contributed by atoms with E-state index in [9.17, 15) is 4.79 Å². The molecule has 0 aliphatic carbocycles. The van der Waals surface area contributed by atoms with Gasteiger partial charge in [-0.05, 0) is 44.6 Å².